The molecular formula is C15H16ClNO4. The van der Waals surface area contributed by atoms with E-state index < -0.39 is 11.3 Å². The summed E-state index contributed by atoms with van der Waals surface area (Å²) in [7, 11) is 1.54. The summed E-state index contributed by atoms with van der Waals surface area (Å²) in [4.78, 5) is 25.1. The third-order valence-corrected chi connectivity index (χ3v) is 3.85. The van der Waals surface area contributed by atoms with E-state index in [2.05, 4.69) is 4.98 Å². The van der Waals surface area contributed by atoms with Gasteiger partial charge in [0.2, 0.25) is 5.56 Å². The minimum absolute atomic E-state index is 0.212. The zero-order chi connectivity index (χ0) is 15.6. The Kier molecular flexibility index (Phi) is 4.53. The van der Waals surface area contributed by atoms with Crippen LogP contribution in [0.5, 0.6) is 5.75 Å². The highest BCUT2D eigenvalue weighted by molar-refractivity contribution is 6.29. The number of hydrogen-bond acceptors (Lipinski definition) is 3. The van der Waals surface area contributed by atoms with Crippen molar-refractivity contribution in [2.75, 3.05) is 7.11 Å². The molecule has 5 nitrogen and oxygen atoms in total. The molecule has 0 aliphatic carbocycles. The Morgan fingerprint density at radius 2 is 2.19 bits per heavy atom. The number of benzene rings is 1. The molecule has 1 atom stereocenters. The van der Waals surface area contributed by atoms with Gasteiger partial charge in [-0.05, 0) is 43.0 Å². The van der Waals surface area contributed by atoms with Crippen molar-refractivity contribution < 1.29 is 14.6 Å². The number of ether oxygens (including phenoxy) is 1. The van der Waals surface area contributed by atoms with Crippen LogP contribution in [0.3, 0.4) is 0 Å². The molecule has 1 unspecified atom stereocenters. The molecule has 112 valence electrons. The number of carbonyl (C=O) groups is 1. The molecule has 0 saturated carbocycles. The maximum absolute atomic E-state index is 11.5. The van der Waals surface area contributed by atoms with Crippen LogP contribution in [0.25, 0.3) is 10.9 Å². The number of halogens is 1. The van der Waals surface area contributed by atoms with Crippen LogP contribution in [0.15, 0.2) is 23.0 Å². The SMILES string of the molecule is COc1cc(C)c(CCC(Cl)C(=O)O)c2ccc(=O)[nH]c12. The Hall–Kier alpha value is -2.01. The first kappa shape index (κ1) is 15.4. The van der Waals surface area contributed by atoms with Gasteiger partial charge in [0.1, 0.15) is 11.1 Å². The Balaban J connectivity index is 2.50. The van der Waals surface area contributed by atoms with Gasteiger partial charge in [-0.25, -0.2) is 0 Å². The summed E-state index contributed by atoms with van der Waals surface area (Å²) in [6.07, 6.45) is 0.830. The first-order chi connectivity index (χ1) is 9.93. The van der Waals surface area contributed by atoms with Gasteiger partial charge in [-0.3, -0.25) is 9.59 Å². The van der Waals surface area contributed by atoms with Gasteiger partial charge in [-0.2, -0.15) is 0 Å². The largest absolute Gasteiger partial charge is 0.495 e. The predicted molar refractivity (Wildman–Crippen MR) is 81.5 cm³/mol. The normalized spacial score (nSPS) is 12.3. The molecule has 0 radical (unpaired) electrons. The number of aromatic amines is 1. The third-order valence-electron chi connectivity index (χ3n) is 3.45. The van der Waals surface area contributed by atoms with Crippen molar-refractivity contribution in [1.29, 1.82) is 0 Å². The summed E-state index contributed by atoms with van der Waals surface area (Å²) in [6, 6.07) is 5.00. The van der Waals surface area contributed by atoms with Crippen LogP contribution < -0.4 is 10.3 Å². The number of methoxy groups -OCH3 is 1. The van der Waals surface area contributed by atoms with Gasteiger partial charge in [-0.1, -0.05) is 0 Å². The van der Waals surface area contributed by atoms with E-state index in [9.17, 15) is 9.59 Å². The van der Waals surface area contributed by atoms with Crippen LogP contribution in [-0.4, -0.2) is 28.5 Å². The van der Waals surface area contributed by atoms with E-state index in [0.29, 0.717) is 24.1 Å². The number of nitrogens with one attached hydrogen (secondary N) is 1. The van der Waals surface area contributed by atoms with Crippen molar-refractivity contribution >= 4 is 28.5 Å². The molecule has 0 aliphatic rings. The Morgan fingerprint density at radius 1 is 1.48 bits per heavy atom. The van der Waals surface area contributed by atoms with Gasteiger partial charge in [0.05, 0.1) is 12.6 Å². The quantitative estimate of drug-likeness (QED) is 0.832. The van der Waals surface area contributed by atoms with Crippen molar-refractivity contribution in [3.8, 4) is 5.75 Å². The molecule has 0 saturated heterocycles. The van der Waals surface area contributed by atoms with Crippen LogP contribution in [0.4, 0.5) is 0 Å². The molecule has 2 aromatic rings. The van der Waals surface area contributed by atoms with Crippen molar-refractivity contribution in [2.24, 2.45) is 0 Å². The lowest BCUT2D eigenvalue weighted by Crippen LogP contribution is -2.14. The summed E-state index contributed by atoms with van der Waals surface area (Å²) in [6.45, 7) is 1.92. The summed E-state index contributed by atoms with van der Waals surface area (Å²) < 4.78 is 5.29. The van der Waals surface area contributed by atoms with Crippen LogP contribution >= 0.6 is 11.6 Å². The number of H-pyrrole nitrogens is 1. The third kappa shape index (κ3) is 3.19. The van der Waals surface area contributed by atoms with Gasteiger partial charge in [0.15, 0.2) is 0 Å². The number of hydrogen-bond donors (Lipinski definition) is 2. The smallest absolute Gasteiger partial charge is 0.321 e. The van der Waals surface area contributed by atoms with E-state index in [1.54, 1.807) is 13.2 Å². The fourth-order valence-corrected chi connectivity index (χ4v) is 2.49. The summed E-state index contributed by atoms with van der Waals surface area (Å²) in [5.41, 5.74) is 2.35. The molecule has 1 aromatic carbocycles. The van der Waals surface area contributed by atoms with Crippen molar-refractivity contribution in [3.63, 3.8) is 0 Å². The van der Waals surface area contributed by atoms with Crippen LogP contribution in [0.1, 0.15) is 17.5 Å². The van der Waals surface area contributed by atoms with Crippen molar-refractivity contribution in [3.05, 3.63) is 39.7 Å². The number of fused-ring (bicyclic) bond motifs is 1. The number of alkyl halides is 1. The Morgan fingerprint density at radius 3 is 2.81 bits per heavy atom. The van der Waals surface area contributed by atoms with Crippen molar-refractivity contribution in [2.45, 2.75) is 25.1 Å². The highest BCUT2D eigenvalue weighted by Gasteiger charge is 2.16. The number of carboxylic acids is 1. The number of rotatable bonds is 5. The predicted octanol–water partition coefficient (Wildman–Crippen LogP) is 2.47. The standard InChI is InChI=1S/C15H16ClNO4/c1-8-7-12(21-2)14-10(4-6-13(18)17-14)9(8)3-5-11(16)15(19)20/h4,6-7,11H,3,5H2,1-2H3,(H,17,18)(H,19,20). The number of pyridine rings is 1. The zero-order valence-electron chi connectivity index (χ0n) is 11.8. The van der Waals surface area contributed by atoms with E-state index in [0.717, 1.165) is 16.5 Å². The summed E-state index contributed by atoms with van der Waals surface area (Å²) >= 11 is 5.77. The van der Waals surface area contributed by atoms with E-state index >= 15 is 0 Å². The lowest BCUT2D eigenvalue weighted by Gasteiger charge is -2.14. The maximum Gasteiger partial charge on any atom is 0.321 e. The monoisotopic (exact) mass is 309 g/mol. The van der Waals surface area contributed by atoms with E-state index in [1.165, 1.54) is 6.07 Å². The summed E-state index contributed by atoms with van der Waals surface area (Å²) in [5.74, 6) is -0.440. The zero-order valence-corrected chi connectivity index (χ0v) is 12.5. The lowest BCUT2D eigenvalue weighted by molar-refractivity contribution is -0.136. The van der Waals surface area contributed by atoms with E-state index in [4.69, 9.17) is 21.4 Å². The number of carboxylic acid groups (broad SMARTS) is 1. The second-order valence-corrected chi connectivity index (χ2v) is 5.36. The first-order valence-electron chi connectivity index (χ1n) is 6.50. The molecule has 0 amide bonds. The molecule has 1 heterocycles. The first-order valence-corrected chi connectivity index (χ1v) is 6.94. The molecule has 2 N–H and O–H groups in total. The molecule has 0 spiro atoms. The molecule has 0 fully saturated rings. The average Bonchev–Trinajstić information content (AvgIpc) is 2.45. The van der Waals surface area contributed by atoms with Crippen LogP contribution in [0.2, 0.25) is 0 Å². The minimum Gasteiger partial charge on any atom is -0.495 e. The Labute approximate surface area is 126 Å². The van der Waals surface area contributed by atoms with Crippen molar-refractivity contribution in [1.82, 2.24) is 4.98 Å². The number of aliphatic carboxylic acids is 1. The second kappa shape index (κ2) is 6.18. The summed E-state index contributed by atoms with van der Waals surface area (Å²) in [5, 5.41) is 8.78. The van der Waals surface area contributed by atoms with Gasteiger partial charge in [0.25, 0.3) is 0 Å². The van der Waals surface area contributed by atoms with Gasteiger partial charge in [0, 0.05) is 11.5 Å². The second-order valence-electron chi connectivity index (χ2n) is 4.83. The minimum atomic E-state index is -1.03. The fraction of sp³-hybridized carbons (Fsp3) is 0.333. The molecule has 21 heavy (non-hydrogen) atoms. The molecule has 1 aromatic heterocycles. The van der Waals surface area contributed by atoms with Crippen LogP contribution in [-0.2, 0) is 11.2 Å². The fourth-order valence-electron chi connectivity index (χ4n) is 2.38. The number of aryl methyl sites for hydroxylation is 2. The van der Waals surface area contributed by atoms with E-state index in [-0.39, 0.29) is 5.56 Å². The molecule has 0 bridgehead atoms. The van der Waals surface area contributed by atoms with Gasteiger partial charge >= 0.3 is 5.97 Å². The highest BCUT2D eigenvalue weighted by atomic mass is 35.5. The van der Waals surface area contributed by atoms with Crippen LogP contribution in [0, 0.1) is 6.92 Å². The highest BCUT2D eigenvalue weighted by Crippen LogP contribution is 2.30. The maximum atomic E-state index is 11.5. The average molecular weight is 310 g/mol. The lowest BCUT2D eigenvalue weighted by atomic mass is 9.97. The Bertz CT molecular complexity index is 738. The van der Waals surface area contributed by atoms with E-state index in [1.807, 2.05) is 13.0 Å². The molecule has 6 heteroatoms. The molecular weight excluding hydrogens is 294 g/mol. The molecule has 0 aliphatic heterocycles. The topological polar surface area (TPSA) is 79.4 Å². The molecule has 2 rings (SSSR count). The number of aromatic nitrogens is 1. The van der Waals surface area contributed by atoms with Gasteiger partial charge < -0.3 is 14.8 Å². The van der Waals surface area contributed by atoms with Gasteiger partial charge in [-0.15, -0.1) is 11.6 Å².